The zero-order chi connectivity index (χ0) is 16.6. The fraction of sp³-hybridized carbons (Fsp3) is 0.333. The molecule has 0 bridgehead atoms. The van der Waals surface area contributed by atoms with Crippen molar-refractivity contribution in [3.8, 4) is 6.07 Å². The van der Waals surface area contributed by atoms with Gasteiger partial charge in [0.05, 0.1) is 17.8 Å². The zero-order valence-electron chi connectivity index (χ0n) is 13.5. The zero-order valence-corrected chi connectivity index (χ0v) is 13.5. The van der Waals surface area contributed by atoms with Crippen LogP contribution >= 0.6 is 0 Å². The first-order chi connectivity index (χ1) is 11.8. The molecule has 122 valence electrons. The highest BCUT2D eigenvalue weighted by molar-refractivity contribution is 5.55. The van der Waals surface area contributed by atoms with E-state index in [0.29, 0.717) is 17.3 Å². The number of benzene rings is 1. The molecule has 2 aromatic rings. The molecule has 3 rings (SSSR count). The number of anilines is 3. The molecule has 0 amide bonds. The minimum atomic E-state index is 0.432. The van der Waals surface area contributed by atoms with E-state index in [1.165, 1.54) is 31.3 Å². The highest BCUT2D eigenvalue weighted by Crippen LogP contribution is 2.20. The van der Waals surface area contributed by atoms with E-state index in [0.717, 1.165) is 18.7 Å². The third-order valence-corrected chi connectivity index (χ3v) is 3.97. The number of allylic oxidation sites excluding steroid dienone is 1. The normalized spacial score (nSPS) is 13.7. The molecular formula is C18H20N6. The number of aromatic nitrogens is 3. The summed E-state index contributed by atoms with van der Waals surface area (Å²) in [5, 5.41) is 23.2. The average Bonchev–Trinajstić information content (AvgIpc) is 2.64. The van der Waals surface area contributed by atoms with Crippen LogP contribution in [0.25, 0.3) is 0 Å². The van der Waals surface area contributed by atoms with Crippen molar-refractivity contribution < 1.29 is 0 Å². The van der Waals surface area contributed by atoms with Crippen molar-refractivity contribution in [1.29, 1.82) is 5.26 Å². The van der Waals surface area contributed by atoms with Crippen LogP contribution in [0.3, 0.4) is 0 Å². The molecule has 1 aliphatic carbocycles. The van der Waals surface area contributed by atoms with E-state index in [2.05, 4.69) is 38.0 Å². The van der Waals surface area contributed by atoms with Crippen LogP contribution in [0.1, 0.15) is 37.7 Å². The van der Waals surface area contributed by atoms with Crippen molar-refractivity contribution >= 4 is 17.5 Å². The van der Waals surface area contributed by atoms with Gasteiger partial charge in [-0.05, 0) is 56.4 Å². The lowest BCUT2D eigenvalue weighted by atomic mass is 9.97. The quantitative estimate of drug-likeness (QED) is 0.788. The Morgan fingerprint density at radius 2 is 2.04 bits per heavy atom. The molecule has 1 aromatic carbocycles. The van der Waals surface area contributed by atoms with E-state index < -0.39 is 0 Å². The van der Waals surface area contributed by atoms with Crippen LogP contribution in [0.2, 0.25) is 0 Å². The molecule has 0 spiro atoms. The Kier molecular flexibility index (Phi) is 5.36. The average molecular weight is 320 g/mol. The smallest absolute Gasteiger partial charge is 0.249 e. The topological polar surface area (TPSA) is 86.5 Å². The van der Waals surface area contributed by atoms with Crippen LogP contribution in [-0.4, -0.2) is 21.7 Å². The Balaban J connectivity index is 1.55. The Labute approximate surface area is 141 Å². The van der Waals surface area contributed by atoms with Gasteiger partial charge in [-0.15, -0.1) is 5.10 Å². The van der Waals surface area contributed by atoms with Gasteiger partial charge >= 0.3 is 0 Å². The molecule has 0 radical (unpaired) electrons. The Hall–Kier alpha value is -2.94. The van der Waals surface area contributed by atoms with Gasteiger partial charge in [-0.3, -0.25) is 0 Å². The first kappa shape index (κ1) is 15.9. The van der Waals surface area contributed by atoms with Gasteiger partial charge in [0.1, 0.15) is 0 Å². The van der Waals surface area contributed by atoms with Gasteiger partial charge in [0, 0.05) is 12.2 Å². The molecule has 0 unspecified atom stereocenters. The first-order valence-electron chi connectivity index (χ1n) is 8.22. The minimum absolute atomic E-state index is 0.432. The molecular weight excluding hydrogens is 300 g/mol. The molecule has 6 nitrogen and oxygen atoms in total. The van der Waals surface area contributed by atoms with Gasteiger partial charge in [-0.1, -0.05) is 11.6 Å². The minimum Gasteiger partial charge on any atom is -0.368 e. The second-order valence-electron chi connectivity index (χ2n) is 5.76. The highest BCUT2D eigenvalue weighted by Gasteiger charge is 2.05. The maximum Gasteiger partial charge on any atom is 0.249 e. The molecule has 0 fully saturated rings. The summed E-state index contributed by atoms with van der Waals surface area (Å²) in [6.07, 6.45) is 10.1. The van der Waals surface area contributed by atoms with Crippen molar-refractivity contribution in [1.82, 2.24) is 15.2 Å². The molecule has 1 aliphatic rings. The highest BCUT2D eigenvalue weighted by atomic mass is 15.3. The number of hydrogen-bond acceptors (Lipinski definition) is 6. The molecule has 1 aromatic heterocycles. The van der Waals surface area contributed by atoms with Crippen LogP contribution in [0, 0.1) is 11.3 Å². The molecule has 1 heterocycles. The number of nitrogens with zero attached hydrogens (tertiary/aromatic N) is 4. The van der Waals surface area contributed by atoms with Gasteiger partial charge in [-0.25, -0.2) is 0 Å². The van der Waals surface area contributed by atoms with Crippen LogP contribution in [-0.2, 0) is 0 Å². The van der Waals surface area contributed by atoms with Crippen LogP contribution in [0.4, 0.5) is 17.5 Å². The molecule has 2 N–H and O–H groups in total. The van der Waals surface area contributed by atoms with E-state index >= 15 is 0 Å². The third-order valence-electron chi connectivity index (χ3n) is 3.97. The first-order valence-corrected chi connectivity index (χ1v) is 8.22. The second-order valence-corrected chi connectivity index (χ2v) is 5.76. The van der Waals surface area contributed by atoms with Gasteiger partial charge in [-0.2, -0.15) is 15.3 Å². The maximum absolute atomic E-state index is 8.81. The fourth-order valence-electron chi connectivity index (χ4n) is 2.68. The number of nitriles is 1. The summed E-state index contributed by atoms with van der Waals surface area (Å²) < 4.78 is 0. The van der Waals surface area contributed by atoms with Crippen molar-refractivity contribution in [3.63, 3.8) is 0 Å². The summed E-state index contributed by atoms with van der Waals surface area (Å²) in [7, 11) is 0. The summed E-state index contributed by atoms with van der Waals surface area (Å²) in [5.41, 5.74) is 2.97. The van der Waals surface area contributed by atoms with E-state index in [-0.39, 0.29) is 0 Å². The van der Waals surface area contributed by atoms with E-state index in [4.69, 9.17) is 5.26 Å². The van der Waals surface area contributed by atoms with Crippen LogP contribution in [0.5, 0.6) is 0 Å². The summed E-state index contributed by atoms with van der Waals surface area (Å²) >= 11 is 0. The molecule has 0 atom stereocenters. The largest absolute Gasteiger partial charge is 0.368 e. The van der Waals surface area contributed by atoms with Gasteiger partial charge in [0.15, 0.2) is 5.82 Å². The molecule has 0 saturated heterocycles. The standard InChI is InChI=1S/C18H20N6/c19-12-15-6-8-16(9-7-15)22-18-23-17(13-21-24-18)20-11-10-14-4-2-1-3-5-14/h4,6-9,13H,1-3,5,10-11H2,(H2,20,22,23,24). The molecule has 0 aliphatic heterocycles. The van der Waals surface area contributed by atoms with E-state index in [1.807, 2.05) is 12.1 Å². The monoisotopic (exact) mass is 320 g/mol. The fourth-order valence-corrected chi connectivity index (χ4v) is 2.68. The third kappa shape index (κ3) is 4.53. The lowest BCUT2D eigenvalue weighted by molar-refractivity contribution is 0.679. The van der Waals surface area contributed by atoms with Crippen LogP contribution in [0.15, 0.2) is 42.1 Å². The Bertz CT molecular complexity index is 745. The summed E-state index contributed by atoms with van der Waals surface area (Å²) in [6, 6.07) is 9.22. The van der Waals surface area contributed by atoms with E-state index in [9.17, 15) is 0 Å². The number of rotatable bonds is 6. The summed E-state index contributed by atoms with van der Waals surface area (Å²) in [4.78, 5) is 4.41. The summed E-state index contributed by atoms with van der Waals surface area (Å²) in [5.74, 6) is 1.14. The number of nitrogens with one attached hydrogen (secondary N) is 2. The molecule has 6 heteroatoms. The van der Waals surface area contributed by atoms with Crippen molar-refractivity contribution in [3.05, 3.63) is 47.7 Å². The lowest BCUT2D eigenvalue weighted by Crippen LogP contribution is -2.08. The van der Waals surface area contributed by atoms with Crippen molar-refractivity contribution in [2.75, 3.05) is 17.2 Å². The van der Waals surface area contributed by atoms with Gasteiger partial charge < -0.3 is 10.6 Å². The van der Waals surface area contributed by atoms with Crippen molar-refractivity contribution in [2.45, 2.75) is 32.1 Å². The predicted octanol–water partition coefficient (Wildman–Crippen LogP) is 3.79. The molecule has 24 heavy (non-hydrogen) atoms. The Morgan fingerprint density at radius 1 is 1.17 bits per heavy atom. The maximum atomic E-state index is 8.81. The summed E-state index contributed by atoms with van der Waals surface area (Å²) in [6.45, 7) is 0.848. The number of hydrogen-bond donors (Lipinski definition) is 2. The van der Waals surface area contributed by atoms with Crippen LogP contribution < -0.4 is 10.6 Å². The van der Waals surface area contributed by atoms with Gasteiger partial charge in [0.25, 0.3) is 0 Å². The Morgan fingerprint density at radius 3 is 2.79 bits per heavy atom. The SMILES string of the molecule is N#Cc1ccc(Nc2nncc(NCCC3=CCCCC3)n2)cc1. The van der Waals surface area contributed by atoms with E-state index in [1.54, 1.807) is 18.3 Å². The second kappa shape index (κ2) is 8.06. The lowest BCUT2D eigenvalue weighted by Gasteiger charge is -2.13. The molecule has 0 saturated carbocycles. The van der Waals surface area contributed by atoms with Crippen molar-refractivity contribution in [2.24, 2.45) is 0 Å². The van der Waals surface area contributed by atoms with Gasteiger partial charge in [0.2, 0.25) is 5.95 Å². The predicted molar refractivity (Wildman–Crippen MR) is 93.9 cm³/mol.